The van der Waals surface area contributed by atoms with Crippen molar-refractivity contribution in [2.75, 3.05) is 12.8 Å². The summed E-state index contributed by atoms with van der Waals surface area (Å²) in [6, 6.07) is 4.94. The van der Waals surface area contributed by atoms with Gasteiger partial charge >= 0.3 is 0 Å². The fourth-order valence-electron chi connectivity index (χ4n) is 1.49. The quantitative estimate of drug-likeness (QED) is 0.822. The van der Waals surface area contributed by atoms with E-state index in [9.17, 15) is 4.79 Å². The van der Waals surface area contributed by atoms with Crippen LogP contribution in [0.25, 0.3) is 0 Å². The number of thiazole rings is 1. The van der Waals surface area contributed by atoms with Gasteiger partial charge in [-0.1, -0.05) is 0 Å². The minimum Gasteiger partial charge on any atom is -0.496 e. The van der Waals surface area contributed by atoms with Gasteiger partial charge in [0, 0.05) is 23.3 Å². The number of nitrogens with zero attached hydrogens (tertiary/aromatic N) is 1. The van der Waals surface area contributed by atoms with Crippen LogP contribution in [0, 0.1) is 0 Å². The van der Waals surface area contributed by atoms with Gasteiger partial charge < -0.3 is 15.8 Å². The first-order valence-electron chi connectivity index (χ1n) is 5.31. The summed E-state index contributed by atoms with van der Waals surface area (Å²) < 4.78 is 5.13. The lowest BCUT2D eigenvalue weighted by Crippen LogP contribution is -2.23. The third-order valence-corrected chi connectivity index (χ3v) is 3.13. The third kappa shape index (κ3) is 2.78. The highest BCUT2D eigenvalue weighted by molar-refractivity contribution is 7.09. The molecule has 1 aromatic carbocycles. The first-order valence-corrected chi connectivity index (χ1v) is 6.18. The summed E-state index contributed by atoms with van der Waals surface area (Å²) in [5, 5.41) is 5.51. The van der Waals surface area contributed by atoms with Gasteiger partial charge in [-0.25, -0.2) is 4.98 Å². The van der Waals surface area contributed by atoms with E-state index >= 15 is 0 Å². The maximum absolute atomic E-state index is 12.0. The minimum absolute atomic E-state index is 0.206. The predicted octanol–water partition coefficient (Wildman–Crippen LogP) is 1.66. The molecule has 1 aromatic heterocycles. The molecule has 5 nitrogen and oxygen atoms in total. The van der Waals surface area contributed by atoms with Crippen molar-refractivity contribution in [2.24, 2.45) is 0 Å². The number of ether oxygens (including phenoxy) is 1. The maximum atomic E-state index is 12.0. The number of aromatic nitrogens is 1. The Bertz CT molecular complexity index is 540. The van der Waals surface area contributed by atoms with Gasteiger partial charge in [-0.2, -0.15) is 0 Å². The molecular formula is C12H13N3O2S. The average Bonchev–Trinajstić information content (AvgIpc) is 2.88. The first kappa shape index (κ1) is 12.4. The number of methoxy groups -OCH3 is 1. The van der Waals surface area contributed by atoms with Crippen molar-refractivity contribution in [1.82, 2.24) is 10.3 Å². The Kier molecular flexibility index (Phi) is 3.78. The Morgan fingerprint density at radius 1 is 1.56 bits per heavy atom. The van der Waals surface area contributed by atoms with Crippen LogP contribution in [0.5, 0.6) is 5.75 Å². The molecular weight excluding hydrogens is 250 g/mol. The van der Waals surface area contributed by atoms with Crippen molar-refractivity contribution in [2.45, 2.75) is 6.54 Å². The van der Waals surface area contributed by atoms with Crippen molar-refractivity contribution in [3.8, 4) is 5.75 Å². The summed E-state index contributed by atoms with van der Waals surface area (Å²) in [6.07, 6.45) is 1.70. The fourth-order valence-corrected chi connectivity index (χ4v) is 2.04. The van der Waals surface area contributed by atoms with Crippen LogP contribution >= 0.6 is 11.3 Å². The van der Waals surface area contributed by atoms with Gasteiger partial charge in [0.05, 0.1) is 19.2 Å². The Morgan fingerprint density at radius 3 is 3.06 bits per heavy atom. The van der Waals surface area contributed by atoms with Crippen LogP contribution in [-0.4, -0.2) is 18.0 Å². The lowest BCUT2D eigenvalue weighted by atomic mass is 10.1. The normalized spacial score (nSPS) is 10.1. The number of benzene rings is 1. The van der Waals surface area contributed by atoms with Crippen molar-refractivity contribution in [3.63, 3.8) is 0 Å². The van der Waals surface area contributed by atoms with Crippen LogP contribution in [-0.2, 0) is 6.54 Å². The van der Waals surface area contributed by atoms with Gasteiger partial charge in [-0.05, 0) is 12.1 Å². The number of nitrogens with one attached hydrogen (secondary N) is 1. The molecule has 6 heteroatoms. The van der Waals surface area contributed by atoms with Gasteiger partial charge in [0.1, 0.15) is 10.8 Å². The summed E-state index contributed by atoms with van der Waals surface area (Å²) in [4.78, 5) is 16.1. The van der Waals surface area contributed by atoms with E-state index in [0.717, 1.165) is 5.01 Å². The lowest BCUT2D eigenvalue weighted by Gasteiger charge is -2.09. The second kappa shape index (κ2) is 5.50. The van der Waals surface area contributed by atoms with Gasteiger partial charge in [-0.3, -0.25) is 4.79 Å². The van der Waals surface area contributed by atoms with E-state index < -0.39 is 0 Å². The van der Waals surface area contributed by atoms with Gasteiger partial charge in [-0.15, -0.1) is 11.3 Å². The molecule has 0 fully saturated rings. The molecule has 0 radical (unpaired) electrons. The fraction of sp³-hybridized carbons (Fsp3) is 0.167. The van der Waals surface area contributed by atoms with E-state index in [4.69, 9.17) is 10.5 Å². The largest absolute Gasteiger partial charge is 0.496 e. The summed E-state index contributed by atoms with van der Waals surface area (Å²) >= 11 is 1.50. The van der Waals surface area contributed by atoms with E-state index in [1.54, 1.807) is 24.4 Å². The highest BCUT2D eigenvalue weighted by Crippen LogP contribution is 2.21. The number of carbonyl (C=O) groups excluding carboxylic acids is 1. The molecule has 1 heterocycles. The molecule has 3 N–H and O–H groups in total. The van der Waals surface area contributed by atoms with Crippen molar-refractivity contribution in [3.05, 3.63) is 40.3 Å². The molecule has 2 aromatic rings. The summed E-state index contributed by atoms with van der Waals surface area (Å²) in [5.74, 6) is 0.258. The molecule has 0 atom stereocenters. The average molecular weight is 263 g/mol. The topological polar surface area (TPSA) is 77.2 Å². The van der Waals surface area contributed by atoms with E-state index in [-0.39, 0.29) is 5.91 Å². The van der Waals surface area contributed by atoms with Gasteiger partial charge in [0.15, 0.2) is 0 Å². The zero-order valence-electron chi connectivity index (χ0n) is 9.84. The third-order valence-electron chi connectivity index (χ3n) is 2.35. The van der Waals surface area contributed by atoms with Crippen LogP contribution in [0.15, 0.2) is 29.8 Å². The molecule has 2 rings (SSSR count). The molecule has 0 saturated carbocycles. The number of hydrogen-bond donors (Lipinski definition) is 2. The number of carbonyl (C=O) groups is 1. The number of amides is 1. The smallest absolute Gasteiger partial charge is 0.255 e. The number of anilines is 1. The van der Waals surface area contributed by atoms with Crippen LogP contribution in [0.1, 0.15) is 15.4 Å². The van der Waals surface area contributed by atoms with E-state index in [0.29, 0.717) is 23.5 Å². The monoisotopic (exact) mass is 263 g/mol. The lowest BCUT2D eigenvalue weighted by molar-refractivity contribution is 0.0948. The molecule has 94 valence electrons. The van der Waals surface area contributed by atoms with E-state index in [1.807, 2.05) is 5.38 Å². The summed E-state index contributed by atoms with van der Waals surface area (Å²) in [6.45, 7) is 0.407. The standard InChI is InChI=1S/C12H13N3O2S/c1-17-10-6-8(13)2-3-9(10)12(16)15-7-11-14-4-5-18-11/h2-6H,7,13H2,1H3,(H,15,16). The molecule has 0 aliphatic rings. The molecule has 0 spiro atoms. The highest BCUT2D eigenvalue weighted by Gasteiger charge is 2.12. The van der Waals surface area contributed by atoms with Crippen molar-refractivity contribution in [1.29, 1.82) is 0 Å². The molecule has 0 aliphatic carbocycles. The van der Waals surface area contributed by atoms with Crippen LogP contribution < -0.4 is 15.8 Å². The Morgan fingerprint density at radius 2 is 2.39 bits per heavy atom. The summed E-state index contributed by atoms with van der Waals surface area (Å²) in [7, 11) is 1.51. The Labute approximate surface area is 109 Å². The molecule has 0 saturated heterocycles. The first-order chi connectivity index (χ1) is 8.70. The van der Waals surface area contributed by atoms with Gasteiger partial charge in [0.25, 0.3) is 5.91 Å². The highest BCUT2D eigenvalue weighted by atomic mass is 32.1. The summed E-state index contributed by atoms with van der Waals surface area (Å²) in [5.41, 5.74) is 6.65. The van der Waals surface area contributed by atoms with Gasteiger partial charge in [0.2, 0.25) is 0 Å². The van der Waals surface area contributed by atoms with Crippen molar-refractivity contribution >= 4 is 22.9 Å². The number of nitrogens with two attached hydrogens (primary N) is 1. The van der Waals surface area contributed by atoms with Crippen molar-refractivity contribution < 1.29 is 9.53 Å². The number of hydrogen-bond acceptors (Lipinski definition) is 5. The SMILES string of the molecule is COc1cc(N)ccc1C(=O)NCc1nccs1. The zero-order chi connectivity index (χ0) is 13.0. The number of rotatable bonds is 4. The Hall–Kier alpha value is -2.08. The zero-order valence-corrected chi connectivity index (χ0v) is 10.7. The molecule has 0 bridgehead atoms. The van der Waals surface area contributed by atoms with Crippen LogP contribution in [0.3, 0.4) is 0 Å². The molecule has 0 unspecified atom stereocenters. The molecule has 1 amide bonds. The Balaban J connectivity index is 2.09. The van der Waals surface area contributed by atoms with Crippen LogP contribution in [0.2, 0.25) is 0 Å². The van der Waals surface area contributed by atoms with E-state index in [1.165, 1.54) is 18.4 Å². The second-order valence-electron chi connectivity index (χ2n) is 3.57. The maximum Gasteiger partial charge on any atom is 0.255 e. The molecule has 18 heavy (non-hydrogen) atoms. The second-order valence-corrected chi connectivity index (χ2v) is 4.55. The van der Waals surface area contributed by atoms with Crippen LogP contribution in [0.4, 0.5) is 5.69 Å². The number of nitrogen functional groups attached to an aromatic ring is 1. The predicted molar refractivity (Wildman–Crippen MR) is 70.7 cm³/mol. The van der Waals surface area contributed by atoms with E-state index in [2.05, 4.69) is 10.3 Å². The minimum atomic E-state index is -0.206. The molecule has 0 aliphatic heterocycles.